The van der Waals surface area contributed by atoms with Gasteiger partial charge in [0.1, 0.15) is 10.7 Å². The highest BCUT2D eigenvalue weighted by atomic mass is 35.5. The first-order chi connectivity index (χ1) is 8.97. The summed E-state index contributed by atoms with van der Waals surface area (Å²) in [6.45, 7) is 0. The highest BCUT2D eigenvalue weighted by Gasteiger charge is 2.12. The standard InChI is InChI=1S/C12H8Cl2N2O2S/c13-6-1-2-7(14)10(5-6)19-11-8(15)3-4-9(16-11)12(17)18/h1-5H,15H2,(H,17,18). The van der Waals surface area contributed by atoms with E-state index < -0.39 is 5.97 Å². The molecule has 0 aliphatic carbocycles. The fraction of sp³-hybridized carbons (Fsp3) is 0. The van der Waals surface area contributed by atoms with E-state index in [1.807, 2.05) is 0 Å². The van der Waals surface area contributed by atoms with E-state index in [2.05, 4.69) is 4.98 Å². The van der Waals surface area contributed by atoms with Crippen LogP contribution in [0.25, 0.3) is 0 Å². The number of halogens is 2. The monoisotopic (exact) mass is 314 g/mol. The molecule has 0 saturated heterocycles. The van der Waals surface area contributed by atoms with Gasteiger partial charge in [0, 0.05) is 9.92 Å². The number of carbonyl (C=O) groups is 1. The van der Waals surface area contributed by atoms with Gasteiger partial charge in [0.2, 0.25) is 0 Å². The maximum absolute atomic E-state index is 10.9. The van der Waals surface area contributed by atoms with Gasteiger partial charge in [0.05, 0.1) is 10.7 Å². The zero-order valence-electron chi connectivity index (χ0n) is 9.43. The lowest BCUT2D eigenvalue weighted by Gasteiger charge is -2.07. The lowest BCUT2D eigenvalue weighted by Crippen LogP contribution is -2.02. The second-order valence-electron chi connectivity index (χ2n) is 3.57. The van der Waals surface area contributed by atoms with Crippen molar-refractivity contribution in [2.24, 2.45) is 0 Å². The summed E-state index contributed by atoms with van der Waals surface area (Å²) in [6, 6.07) is 7.84. The van der Waals surface area contributed by atoms with Gasteiger partial charge in [-0.1, -0.05) is 35.0 Å². The third kappa shape index (κ3) is 3.32. The van der Waals surface area contributed by atoms with Crippen molar-refractivity contribution in [2.75, 3.05) is 5.73 Å². The van der Waals surface area contributed by atoms with E-state index in [1.165, 1.54) is 23.9 Å². The first-order valence-corrected chi connectivity index (χ1v) is 6.67. The van der Waals surface area contributed by atoms with Crippen molar-refractivity contribution < 1.29 is 9.90 Å². The molecular weight excluding hydrogens is 307 g/mol. The second-order valence-corrected chi connectivity index (χ2v) is 5.45. The number of nitrogen functional groups attached to an aromatic ring is 1. The number of hydrogen-bond acceptors (Lipinski definition) is 4. The van der Waals surface area contributed by atoms with Crippen LogP contribution < -0.4 is 5.73 Å². The van der Waals surface area contributed by atoms with Crippen LogP contribution in [0.2, 0.25) is 10.0 Å². The first kappa shape index (κ1) is 14.0. The Morgan fingerprint density at radius 1 is 1.26 bits per heavy atom. The number of anilines is 1. The molecule has 2 rings (SSSR count). The summed E-state index contributed by atoms with van der Waals surface area (Å²) < 4.78 is 0. The smallest absolute Gasteiger partial charge is 0.354 e. The lowest BCUT2D eigenvalue weighted by atomic mass is 10.3. The second kappa shape index (κ2) is 5.69. The summed E-state index contributed by atoms with van der Waals surface area (Å²) in [5.41, 5.74) is 6.08. The molecule has 2 aromatic rings. The van der Waals surface area contributed by atoms with Crippen molar-refractivity contribution in [1.82, 2.24) is 4.98 Å². The number of aromatic carboxylic acids is 1. The molecule has 1 heterocycles. The minimum Gasteiger partial charge on any atom is -0.477 e. The van der Waals surface area contributed by atoms with Crippen LogP contribution in [0.3, 0.4) is 0 Å². The van der Waals surface area contributed by atoms with Crippen molar-refractivity contribution in [3.05, 3.63) is 46.1 Å². The van der Waals surface area contributed by atoms with E-state index in [0.717, 1.165) is 0 Å². The van der Waals surface area contributed by atoms with Crippen molar-refractivity contribution in [1.29, 1.82) is 0 Å². The van der Waals surface area contributed by atoms with Crippen molar-refractivity contribution >= 4 is 46.6 Å². The Bertz CT molecular complexity index is 650. The maximum atomic E-state index is 10.9. The molecule has 0 aliphatic heterocycles. The summed E-state index contributed by atoms with van der Waals surface area (Å²) >= 11 is 13.1. The summed E-state index contributed by atoms with van der Waals surface area (Å²) in [4.78, 5) is 15.5. The van der Waals surface area contributed by atoms with Crippen LogP contribution in [0.1, 0.15) is 10.5 Å². The average Bonchev–Trinajstić information content (AvgIpc) is 2.36. The first-order valence-electron chi connectivity index (χ1n) is 5.10. The molecule has 0 atom stereocenters. The van der Waals surface area contributed by atoms with Crippen LogP contribution in [0, 0.1) is 0 Å². The van der Waals surface area contributed by atoms with E-state index in [0.29, 0.717) is 25.7 Å². The average molecular weight is 315 g/mol. The molecule has 19 heavy (non-hydrogen) atoms. The maximum Gasteiger partial charge on any atom is 0.354 e. The Morgan fingerprint density at radius 2 is 2.00 bits per heavy atom. The van der Waals surface area contributed by atoms with Crippen molar-refractivity contribution in [2.45, 2.75) is 9.92 Å². The largest absolute Gasteiger partial charge is 0.477 e. The van der Waals surface area contributed by atoms with Gasteiger partial charge >= 0.3 is 5.97 Å². The topological polar surface area (TPSA) is 76.2 Å². The van der Waals surface area contributed by atoms with Crippen LogP contribution in [0.15, 0.2) is 40.3 Å². The normalized spacial score (nSPS) is 10.4. The number of aromatic nitrogens is 1. The van der Waals surface area contributed by atoms with Crippen LogP contribution in [-0.2, 0) is 0 Å². The molecule has 98 valence electrons. The molecule has 0 saturated carbocycles. The Hall–Kier alpha value is -1.43. The van der Waals surface area contributed by atoms with Gasteiger partial charge in [-0.3, -0.25) is 0 Å². The van der Waals surface area contributed by atoms with Crippen LogP contribution >= 0.6 is 35.0 Å². The summed E-state index contributed by atoms with van der Waals surface area (Å²) in [5, 5.41) is 10.3. The van der Waals surface area contributed by atoms with Gasteiger partial charge in [-0.15, -0.1) is 0 Å². The SMILES string of the molecule is Nc1ccc(C(=O)O)nc1Sc1cc(Cl)ccc1Cl. The molecule has 0 amide bonds. The predicted molar refractivity (Wildman–Crippen MR) is 76.2 cm³/mol. The zero-order valence-corrected chi connectivity index (χ0v) is 11.8. The zero-order chi connectivity index (χ0) is 14.0. The van der Waals surface area contributed by atoms with Crippen molar-refractivity contribution in [3.63, 3.8) is 0 Å². The minimum absolute atomic E-state index is 0.0742. The number of carboxylic acid groups (broad SMARTS) is 1. The summed E-state index contributed by atoms with van der Waals surface area (Å²) in [6.07, 6.45) is 0. The fourth-order valence-corrected chi connectivity index (χ4v) is 2.67. The Morgan fingerprint density at radius 3 is 2.68 bits per heavy atom. The van der Waals surface area contributed by atoms with Crippen LogP contribution in [0.4, 0.5) is 5.69 Å². The number of rotatable bonds is 3. The Kier molecular flexibility index (Phi) is 4.19. The van der Waals surface area contributed by atoms with Crippen LogP contribution in [0.5, 0.6) is 0 Å². The van der Waals surface area contributed by atoms with Gasteiger partial charge in [0.15, 0.2) is 0 Å². The molecule has 0 aliphatic rings. The molecular formula is C12H8Cl2N2O2S. The summed E-state index contributed by atoms with van der Waals surface area (Å²) in [5.74, 6) is -1.11. The van der Waals surface area contributed by atoms with Crippen LogP contribution in [-0.4, -0.2) is 16.1 Å². The molecule has 3 N–H and O–H groups in total. The Labute approximate surface area is 123 Å². The molecule has 0 fully saturated rings. The van der Waals surface area contributed by atoms with Gasteiger partial charge in [-0.05, 0) is 30.3 Å². The van der Waals surface area contributed by atoms with E-state index in [4.69, 9.17) is 34.0 Å². The van der Waals surface area contributed by atoms with E-state index in [-0.39, 0.29) is 5.69 Å². The molecule has 0 unspecified atom stereocenters. The fourth-order valence-electron chi connectivity index (χ4n) is 1.31. The van der Waals surface area contributed by atoms with Gasteiger partial charge in [0.25, 0.3) is 0 Å². The highest BCUT2D eigenvalue weighted by molar-refractivity contribution is 7.99. The molecule has 0 bridgehead atoms. The number of pyridine rings is 1. The minimum atomic E-state index is -1.11. The molecule has 1 aromatic heterocycles. The lowest BCUT2D eigenvalue weighted by molar-refractivity contribution is 0.0690. The highest BCUT2D eigenvalue weighted by Crippen LogP contribution is 2.36. The van der Waals surface area contributed by atoms with Crippen molar-refractivity contribution in [3.8, 4) is 0 Å². The van der Waals surface area contributed by atoms with Gasteiger partial charge in [-0.2, -0.15) is 0 Å². The number of nitrogens with zero attached hydrogens (tertiary/aromatic N) is 1. The molecule has 0 radical (unpaired) electrons. The number of benzene rings is 1. The quantitative estimate of drug-likeness (QED) is 0.900. The predicted octanol–water partition coefficient (Wildman–Crippen LogP) is 3.82. The van der Waals surface area contributed by atoms with Gasteiger partial charge in [-0.25, -0.2) is 9.78 Å². The van der Waals surface area contributed by atoms with E-state index >= 15 is 0 Å². The Balaban J connectivity index is 2.40. The molecule has 0 spiro atoms. The molecule has 7 heteroatoms. The summed E-state index contributed by atoms with van der Waals surface area (Å²) in [7, 11) is 0. The number of nitrogens with two attached hydrogens (primary N) is 1. The molecule has 1 aromatic carbocycles. The number of hydrogen-bond donors (Lipinski definition) is 2. The van der Waals surface area contributed by atoms with E-state index in [9.17, 15) is 4.79 Å². The number of carboxylic acids is 1. The van der Waals surface area contributed by atoms with E-state index in [1.54, 1.807) is 18.2 Å². The third-order valence-corrected chi connectivity index (χ3v) is 3.96. The molecule has 4 nitrogen and oxygen atoms in total. The third-order valence-electron chi connectivity index (χ3n) is 2.21. The van der Waals surface area contributed by atoms with Gasteiger partial charge < -0.3 is 10.8 Å².